The number of aliphatic hydroxyl groups excluding tert-OH is 1. The van der Waals surface area contributed by atoms with Crippen molar-refractivity contribution in [1.29, 1.82) is 0 Å². The van der Waals surface area contributed by atoms with Gasteiger partial charge >= 0.3 is 6.03 Å². The largest absolute Gasteiger partial charge is 0.455 e. The summed E-state index contributed by atoms with van der Waals surface area (Å²) in [5, 5.41) is 11.7. The summed E-state index contributed by atoms with van der Waals surface area (Å²) in [6.07, 6.45) is 0. The van der Waals surface area contributed by atoms with Crippen LogP contribution in [0.4, 0.5) is 19.3 Å². The number of nitrogens with one attached hydrogen (secondary N) is 1. The van der Waals surface area contributed by atoms with Crippen molar-refractivity contribution in [3.63, 3.8) is 0 Å². The van der Waals surface area contributed by atoms with Gasteiger partial charge in [-0.2, -0.15) is 0 Å². The predicted octanol–water partition coefficient (Wildman–Crippen LogP) is 3.60. The molecule has 5 nitrogen and oxygen atoms in total. The van der Waals surface area contributed by atoms with Gasteiger partial charge in [0.1, 0.15) is 17.4 Å². The molecule has 0 heterocycles. The summed E-state index contributed by atoms with van der Waals surface area (Å²) in [7, 11) is 1.54. The zero-order valence-electron chi connectivity index (χ0n) is 13.3. The molecule has 2 aromatic rings. The third-order valence-corrected chi connectivity index (χ3v) is 3.44. The number of carbonyl (C=O) groups is 1. The van der Waals surface area contributed by atoms with Crippen LogP contribution in [0.2, 0.25) is 0 Å². The quantitative estimate of drug-likeness (QED) is 0.877. The van der Waals surface area contributed by atoms with Crippen molar-refractivity contribution in [2.24, 2.45) is 0 Å². The van der Waals surface area contributed by atoms with Crippen LogP contribution in [-0.4, -0.2) is 35.7 Å². The Morgan fingerprint density at radius 2 is 1.88 bits per heavy atom. The maximum absolute atomic E-state index is 13.3. The molecule has 2 amide bonds. The Bertz CT molecular complexity index is 704. The second kappa shape index (κ2) is 7.74. The minimum atomic E-state index is -0.761. The first-order chi connectivity index (χ1) is 11.4. The highest BCUT2D eigenvalue weighted by molar-refractivity contribution is 5.91. The van der Waals surface area contributed by atoms with Crippen LogP contribution in [0.25, 0.3) is 0 Å². The number of amides is 2. The van der Waals surface area contributed by atoms with Gasteiger partial charge in [0, 0.05) is 25.2 Å². The van der Waals surface area contributed by atoms with Crippen molar-refractivity contribution in [2.45, 2.75) is 13.0 Å². The monoisotopic (exact) mass is 336 g/mol. The highest BCUT2D eigenvalue weighted by Crippen LogP contribution is 2.30. The lowest BCUT2D eigenvalue weighted by Gasteiger charge is -2.24. The van der Waals surface area contributed by atoms with Gasteiger partial charge in [0.25, 0.3) is 0 Å². The van der Waals surface area contributed by atoms with Crippen LogP contribution in [0.15, 0.2) is 42.5 Å². The van der Waals surface area contributed by atoms with Crippen molar-refractivity contribution < 1.29 is 23.4 Å². The van der Waals surface area contributed by atoms with Crippen molar-refractivity contribution in [3.8, 4) is 11.5 Å². The number of aliphatic hydroxyl groups is 1. The number of halogens is 2. The zero-order valence-corrected chi connectivity index (χ0v) is 13.3. The number of hydrogen-bond acceptors (Lipinski definition) is 3. The molecular formula is C17H18F2N2O3. The third-order valence-electron chi connectivity index (χ3n) is 3.44. The number of anilines is 1. The van der Waals surface area contributed by atoms with Crippen molar-refractivity contribution in [2.75, 3.05) is 19.0 Å². The Kier molecular flexibility index (Phi) is 5.70. The lowest BCUT2D eigenvalue weighted by atomic mass is 10.2. The van der Waals surface area contributed by atoms with Crippen LogP contribution < -0.4 is 10.1 Å². The molecule has 128 valence electrons. The fraction of sp³-hybridized carbons (Fsp3) is 0.235. The van der Waals surface area contributed by atoms with Gasteiger partial charge in [-0.25, -0.2) is 13.6 Å². The third kappa shape index (κ3) is 4.42. The van der Waals surface area contributed by atoms with Crippen LogP contribution in [0.1, 0.15) is 6.92 Å². The molecule has 0 saturated heterocycles. The lowest BCUT2D eigenvalue weighted by Crippen LogP contribution is -2.40. The standard InChI is InChI=1S/C17H18F2N2O3/c1-11(10-22)21(2)17(23)20-15-5-3-4-6-16(15)24-14-8-12(18)7-13(19)9-14/h3-9,11,22H,10H2,1-2H3,(H,20,23). The summed E-state index contributed by atoms with van der Waals surface area (Å²) in [5.74, 6) is -1.31. The normalized spacial score (nSPS) is 11.7. The fourth-order valence-electron chi connectivity index (χ4n) is 1.90. The highest BCUT2D eigenvalue weighted by atomic mass is 19.1. The van der Waals surface area contributed by atoms with Crippen molar-refractivity contribution in [3.05, 3.63) is 54.1 Å². The minimum absolute atomic E-state index is 0.0220. The number of benzene rings is 2. The first-order valence-corrected chi connectivity index (χ1v) is 7.28. The molecule has 1 atom stereocenters. The molecule has 0 bridgehead atoms. The Labute approximate surface area is 138 Å². The van der Waals surface area contributed by atoms with E-state index in [-0.39, 0.29) is 24.1 Å². The predicted molar refractivity (Wildman–Crippen MR) is 86.2 cm³/mol. The van der Waals surface area contributed by atoms with Crippen molar-refractivity contribution in [1.82, 2.24) is 4.90 Å². The second-order valence-electron chi connectivity index (χ2n) is 5.28. The van der Waals surface area contributed by atoms with Gasteiger partial charge in [0.15, 0.2) is 5.75 Å². The first kappa shape index (κ1) is 17.7. The van der Waals surface area contributed by atoms with Gasteiger partial charge in [-0.05, 0) is 19.1 Å². The molecule has 0 aromatic heterocycles. The number of nitrogens with zero attached hydrogens (tertiary/aromatic N) is 1. The van der Waals surface area contributed by atoms with Gasteiger partial charge in [-0.1, -0.05) is 12.1 Å². The topological polar surface area (TPSA) is 61.8 Å². The molecule has 0 aliphatic heterocycles. The van der Waals surface area contributed by atoms with Crippen molar-refractivity contribution >= 4 is 11.7 Å². The van der Waals surface area contributed by atoms with Crippen LogP contribution in [-0.2, 0) is 0 Å². The fourth-order valence-corrected chi connectivity index (χ4v) is 1.90. The molecule has 0 saturated carbocycles. The van der Waals surface area contributed by atoms with E-state index in [4.69, 9.17) is 9.84 Å². The molecule has 2 rings (SSSR count). The molecule has 0 fully saturated rings. The summed E-state index contributed by atoms with van der Waals surface area (Å²) in [4.78, 5) is 13.5. The molecule has 7 heteroatoms. The summed E-state index contributed by atoms with van der Waals surface area (Å²) >= 11 is 0. The van der Waals surface area contributed by atoms with Gasteiger partial charge in [-0.15, -0.1) is 0 Å². The van der Waals surface area contributed by atoms with Crippen LogP contribution in [0.5, 0.6) is 11.5 Å². The Morgan fingerprint density at radius 1 is 1.25 bits per heavy atom. The average molecular weight is 336 g/mol. The number of hydrogen-bond donors (Lipinski definition) is 2. The Balaban J connectivity index is 2.19. The first-order valence-electron chi connectivity index (χ1n) is 7.28. The SMILES string of the molecule is CC(CO)N(C)C(=O)Nc1ccccc1Oc1cc(F)cc(F)c1. The van der Waals surface area contributed by atoms with Crippen LogP contribution in [0.3, 0.4) is 0 Å². The van der Waals surface area contributed by atoms with Crippen LogP contribution >= 0.6 is 0 Å². The maximum Gasteiger partial charge on any atom is 0.322 e. The van der Waals surface area contributed by atoms with E-state index < -0.39 is 17.7 Å². The highest BCUT2D eigenvalue weighted by Gasteiger charge is 2.16. The summed E-state index contributed by atoms with van der Waals surface area (Å²) < 4.78 is 32.0. The number of rotatable bonds is 5. The smallest absolute Gasteiger partial charge is 0.322 e. The van der Waals surface area contributed by atoms with E-state index in [1.54, 1.807) is 38.2 Å². The van der Waals surface area contributed by atoms with Gasteiger partial charge < -0.3 is 20.1 Å². The van der Waals surface area contributed by atoms with E-state index >= 15 is 0 Å². The van der Waals surface area contributed by atoms with Gasteiger partial charge in [0.2, 0.25) is 0 Å². The number of ether oxygens (including phenoxy) is 1. The van der Waals surface area contributed by atoms with E-state index in [9.17, 15) is 13.6 Å². The summed E-state index contributed by atoms with van der Waals surface area (Å²) in [5.41, 5.74) is 0.337. The molecule has 0 aliphatic rings. The summed E-state index contributed by atoms with van der Waals surface area (Å²) in [6, 6.07) is 8.53. The van der Waals surface area contributed by atoms with E-state index in [2.05, 4.69) is 5.32 Å². The van der Waals surface area contributed by atoms with E-state index in [0.717, 1.165) is 18.2 Å². The molecule has 0 radical (unpaired) electrons. The number of urea groups is 1. The Hall–Kier alpha value is -2.67. The summed E-state index contributed by atoms with van der Waals surface area (Å²) in [6.45, 7) is 1.52. The molecule has 2 aromatic carbocycles. The number of carbonyl (C=O) groups excluding carboxylic acids is 1. The van der Waals surface area contributed by atoms with E-state index in [1.165, 1.54) is 4.90 Å². The van der Waals surface area contributed by atoms with Gasteiger partial charge in [0.05, 0.1) is 18.3 Å². The Morgan fingerprint density at radius 3 is 2.50 bits per heavy atom. The number of para-hydroxylation sites is 2. The minimum Gasteiger partial charge on any atom is -0.455 e. The van der Waals surface area contributed by atoms with Gasteiger partial charge in [-0.3, -0.25) is 0 Å². The zero-order chi connectivity index (χ0) is 17.7. The molecule has 24 heavy (non-hydrogen) atoms. The molecular weight excluding hydrogens is 318 g/mol. The lowest BCUT2D eigenvalue weighted by molar-refractivity contribution is 0.166. The molecule has 1 unspecified atom stereocenters. The van der Waals surface area contributed by atoms with E-state index in [0.29, 0.717) is 5.69 Å². The van der Waals surface area contributed by atoms with Crippen LogP contribution in [0, 0.1) is 11.6 Å². The van der Waals surface area contributed by atoms with E-state index in [1.807, 2.05) is 0 Å². The molecule has 0 aliphatic carbocycles. The molecule has 0 spiro atoms. The number of likely N-dealkylation sites (N-methyl/N-ethyl adjacent to an activating group) is 1. The molecule has 2 N–H and O–H groups in total. The maximum atomic E-state index is 13.3. The average Bonchev–Trinajstić information content (AvgIpc) is 2.54. The second-order valence-corrected chi connectivity index (χ2v) is 5.28.